The van der Waals surface area contributed by atoms with E-state index < -0.39 is 0 Å². The van der Waals surface area contributed by atoms with Gasteiger partial charge in [0.2, 0.25) is 0 Å². The summed E-state index contributed by atoms with van der Waals surface area (Å²) in [5.74, 6) is 0.854. The van der Waals surface area contributed by atoms with Gasteiger partial charge in [0, 0.05) is 32.0 Å². The molecule has 0 unspecified atom stereocenters. The van der Waals surface area contributed by atoms with E-state index in [4.69, 9.17) is 0 Å². The van der Waals surface area contributed by atoms with Crippen LogP contribution >= 0.6 is 0 Å². The summed E-state index contributed by atoms with van der Waals surface area (Å²) in [6, 6.07) is 4.15. The van der Waals surface area contributed by atoms with E-state index in [9.17, 15) is 0 Å². The second-order valence-electron chi connectivity index (χ2n) is 3.83. The molecule has 3 heteroatoms. The molecule has 1 aromatic rings. The van der Waals surface area contributed by atoms with E-state index in [-0.39, 0.29) is 0 Å². The number of nitrogens with one attached hydrogen (secondary N) is 2. The molecule has 1 aromatic heterocycles. The molecular weight excluding hydrogens is 174 g/mol. The minimum Gasteiger partial charge on any atom is -0.316 e. The van der Waals surface area contributed by atoms with Gasteiger partial charge in [0.25, 0.3) is 0 Å². The molecule has 0 radical (unpaired) electrons. The van der Waals surface area contributed by atoms with Crippen LogP contribution in [0.25, 0.3) is 0 Å². The van der Waals surface area contributed by atoms with E-state index in [1.807, 2.05) is 12.4 Å². The predicted molar refractivity (Wildman–Crippen MR) is 57.2 cm³/mol. The van der Waals surface area contributed by atoms with Gasteiger partial charge in [-0.2, -0.15) is 0 Å². The van der Waals surface area contributed by atoms with Crippen molar-refractivity contribution in [2.24, 2.45) is 5.92 Å². The van der Waals surface area contributed by atoms with Crippen LogP contribution in [0, 0.1) is 5.92 Å². The van der Waals surface area contributed by atoms with E-state index in [0.717, 1.165) is 25.4 Å². The second-order valence-corrected chi connectivity index (χ2v) is 3.83. The molecule has 2 rings (SSSR count). The van der Waals surface area contributed by atoms with Gasteiger partial charge < -0.3 is 10.6 Å². The Morgan fingerprint density at radius 3 is 2.79 bits per heavy atom. The molecule has 1 aliphatic heterocycles. The van der Waals surface area contributed by atoms with E-state index in [2.05, 4.69) is 27.8 Å². The zero-order valence-corrected chi connectivity index (χ0v) is 8.37. The molecule has 14 heavy (non-hydrogen) atoms. The first kappa shape index (κ1) is 9.62. The van der Waals surface area contributed by atoms with Gasteiger partial charge in [0.1, 0.15) is 0 Å². The summed E-state index contributed by atoms with van der Waals surface area (Å²) in [6.07, 6.45) is 4.80. The summed E-state index contributed by atoms with van der Waals surface area (Å²) in [6.45, 7) is 4.59. The average molecular weight is 191 g/mol. The number of hydrogen-bond donors (Lipinski definition) is 2. The van der Waals surface area contributed by atoms with Gasteiger partial charge >= 0.3 is 0 Å². The lowest BCUT2D eigenvalue weighted by molar-refractivity contribution is 0.333. The Bertz CT molecular complexity index is 256. The fourth-order valence-electron chi connectivity index (χ4n) is 1.58. The molecule has 0 amide bonds. The van der Waals surface area contributed by atoms with Gasteiger partial charge in [-0.3, -0.25) is 4.98 Å². The standard InChI is InChI=1S/C11H17N3/c1-4-12-5-2-10(1)3-6-13-7-11-8-14-9-11/h1-2,4-5,11,13-14H,3,6-9H2. The van der Waals surface area contributed by atoms with Crippen molar-refractivity contribution in [3.8, 4) is 0 Å². The Morgan fingerprint density at radius 2 is 2.14 bits per heavy atom. The maximum absolute atomic E-state index is 4.00. The summed E-state index contributed by atoms with van der Waals surface area (Å²) >= 11 is 0. The smallest absolute Gasteiger partial charge is 0.0270 e. The van der Waals surface area contributed by atoms with Crippen LogP contribution in [0.15, 0.2) is 24.5 Å². The van der Waals surface area contributed by atoms with Gasteiger partial charge in [-0.05, 0) is 36.6 Å². The molecule has 1 saturated heterocycles. The minimum atomic E-state index is 0.854. The Balaban J connectivity index is 1.58. The Hall–Kier alpha value is -0.930. The maximum Gasteiger partial charge on any atom is 0.0270 e. The van der Waals surface area contributed by atoms with E-state index in [1.54, 1.807) is 0 Å². The highest BCUT2D eigenvalue weighted by Crippen LogP contribution is 2.00. The van der Waals surface area contributed by atoms with Crippen molar-refractivity contribution < 1.29 is 0 Å². The van der Waals surface area contributed by atoms with Crippen molar-refractivity contribution in [3.63, 3.8) is 0 Å². The van der Waals surface area contributed by atoms with Gasteiger partial charge in [0.05, 0.1) is 0 Å². The van der Waals surface area contributed by atoms with Crippen LogP contribution in [0.4, 0.5) is 0 Å². The SMILES string of the molecule is c1cc(CCNCC2CNC2)ccn1. The van der Waals surface area contributed by atoms with Gasteiger partial charge in [0.15, 0.2) is 0 Å². The fourth-order valence-corrected chi connectivity index (χ4v) is 1.58. The molecule has 3 nitrogen and oxygen atoms in total. The third kappa shape index (κ3) is 2.79. The van der Waals surface area contributed by atoms with E-state index in [0.29, 0.717) is 0 Å². The van der Waals surface area contributed by atoms with Crippen molar-refractivity contribution in [2.75, 3.05) is 26.2 Å². The second kappa shape index (κ2) is 5.08. The van der Waals surface area contributed by atoms with Gasteiger partial charge in [-0.15, -0.1) is 0 Å². The molecule has 0 saturated carbocycles. The monoisotopic (exact) mass is 191 g/mol. The van der Waals surface area contributed by atoms with Crippen LogP contribution in [0.3, 0.4) is 0 Å². The lowest BCUT2D eigenvalue weighted by Crippen LogP contribution is -2.47. The summed E-state index contributed by atoms with van der Waals surface area (Å²) < 4.78 is 0. The zero-order valence-electron chi connectivity index (χ0n) is 8.37. The normalized spacial score (nSPS) is 16.6. The number of nitrogens with zero attached hydrogens (tertiary/aromatic N) is 1. The molecule has 0 atom stereocenters. The maximum atomic E-state index is 4.00. The van der Waals surface area contributed by atoms with Crippen molar-refractivity contribution in [1.29, 1.82) is 0 Å². The molecule has 0 aliphatic carbocycles. The first-order valence-corrected chi connectivity index (χ1v) is 5.25. The van der Waals surface area contributed by atoms with Crippen molar-refractivity contribution in [3.05, 3.63) is 30.1 Å². The predicted octanol–water partition coefficient (Wildman–Crippen LogP) is 0.433. The Kier molecular flexibility index (Phi) is 3.49. The summed E-state index contributed by atoms with van der Waals surface area (Å²) in [4.78, 5) is 4.00. The molecule has 2 N–H and O–H groups in total. The summed E-state index contributed by atoms with van der Waals surface area (Å²) in [7, 11) is 0. The number of hydrogen-bond acceptors (Lipinski definition) is 3. The number of aromatic nitrogens is 1. The molecule has 0 spiro atoms. The Labute approximate surface area is 84.9 Å². The number of rotatable bonds is 5. The van der Waals surface area contributed by atoms with E-state index >= 15 is 0 Å². The van der Waals surface area contributed by atoms with Crippen LogP contribution < -0.4 is 10.6 Å². The first-order valence-electron chi connectivity index (χ1n) is 5.25. The molecule has 2 heterocycles. The summed E-state index contributed by atoms with van der Waals surface area (Å²) in [5.41, 5.74) is 1.36. The first-order chi connectivity index (χ1) is 6.95. The fraction of sp³-hybridized carbons (Fsp3) is 0.545. The summed E-state index contributed by atoms with van der Waals surface area (Å²) in [5, 5.41) is 6.75. The lowest BCUT2D eigenvalue weighted by atomic mass is 10.0. The quantitative estimate of drug-likeness (QED) is 0.663. The van der Waals surface area contributed by atoms with Crippen molar-refractivity contribution >= 4 is 0 Å². The third-order valence-corrected chi connectivity index (χ3v) is 2.64. The van der Waals surface area contributed by atoms with Crippen LogP contribution in [-0.2, 0) is 6.42 Å². The largest absolute Gasteiger partial charge is 0.316 e. The van der Waals surface area contributed by atoms with Gasteiger partial charge in [-0.25, -0.2) is 0 Å². The topological polar surface area (TPSA) is 37.0 Å². The van der Waals surface area contributed by atoms with Crippen LogP contribution in [0.2, 0.25) is 0 Å². The molecule has 0 bridgehead atoms. The lowest BCUT2D eigenvalue weighted by Gasteiger charge is -2.27. The highest BCUT2D eigenvalue weighted by Gasteiger charge is 2.14. The van der Waals surface area contributed by atoms with Gasteiger partial charge in [-0.1, -0.05) is 0 Å². The van der Waals surface area contributed by atoms with E-state index in [1.165, 1.54) is 18.7 Å². The zero-order chi connectivity index (χ0) is 9.64. The molecular formula is C11H17N3. The third-order valence-electron chi connectivity index (χ3n) is 2.64. The number of pyridine rings is 1. The highest BCUT2D eigenvalue weighted by atomic mass is 15.0. The molecule has 76 valence electrons. The average Bonchev–Trinajstić information content (AvgIpc) is 2.16. The Morgan fingerprint density at radius 1 is 1.36 bits per heavy atom. The highest BCUT2D eigenvalue weighted by molar-refractivity contribution is 5.09. The minimum absolute atomic E-state index is 0.854. The van der Waals surface area contributed by atoms with Crippen LogP contribution in [0.5, 0.6) is 0 Å². The molecule has 1 aliphatic rings. The van der Waals surface area contributed by atoms with Crippen LogP contribution in [-0.4, -0.2) is 31.2 Å². The van der Waals surface area contributed by atoms with Crippen molar-refractivity contribution in [2.45, 2.75) is 6.42 Å². The molecule has 1 fully saturated rings. The van der Waals surface area contributed by atoms with Crippen molar-refractivity contribution in [1.82, 2.24) is 15.6 Å². The molecule has 0 aromatic carbocycles. The van der Waals surface area contributed by atoms with Crippen LogP contribution in [0.1, 0.15) is 5.56 Å².